The van der Waals surface area contributed by atoms with Crippen LogP contribution in [0.2, 0.25) is 0 Å². The molecule has 0 unspecified atom stereocenters. The van der Waals surface area contributed by atoms with Crippen LogP contribution in [0.15, 0.2) is 12.4 Å². The molecule has 0 bridgehead atoms. The zero-order valence-electron chi connectivity index (χ0n) is 6.86. The predicted octanol–water partition coefficient (Wildman–Crippen LogP) is 0.446. The molecule has 2 rings (SSSR count). The van der Waals surface area contributed by atoms with Crippen molar-refractivity contribution < 1.29 is 4.74 Å². The molecule has 0 saturated carbocycles. The summed E-state index contributed by atoms with van der Waals surface area (Å²) in [6.07, 6.45) is 4.68. The molecule has 4 heteroatoms. The Hall–Kier alpha value is -0.870. The second kappa shape index (κ2) is 3.25. The summed E-state index contributed by atoms with van der Waals surface area (Å²) in [6.45, 7) is 1.47. The van der Waals surface area contributed by atoms with Crippen molar-refractivity contribution in [2.75, 3.05) is 13.2 Å². The summed E-state index contributed by atoms with van der Waals surface area (Å²) in [5, 5.41) is 0. The van der Waals surface area contributed by atoms with Crippen LogP contribution in [-0.2, 0) is 4.74 Å². The van der Waals surface area contributed by atoms with Crippen LogP contribution < -0.4 is 5.73 Å². The van der Waals surface area contributed by atoms with E-state index in [0.717, 1.165) is 18.9 Å². The molecule has 1 aromatic heterocycles. The van der Waals surface area contributed by atoms with Crippen LogP contribution in [0.1, 0.15) is 18.3 Å². The van der Waals surface area contributed by atoms with Crippen molar-refractivity contribution in [1.82, 2.24) is 9.97 Å². The van der Waals surface area contributed by atoms with Gasteiger partial charge < -0.3 is 15.5 Å². The van der Waals surface area contributed by atoms with Crippen LogP contribution in [0.3, 0.4) is 0 Å². The van der Waals surface area contributed by atoms with E-state index in [4.69, 9.17) is 10.5 Å². The van der Waals surface area contributed by atoms with Gasteiger partial charge in [0.05, 0.1) is 0 Å². The maximum atomic E-state index is 5.61. The van der Waals surface area contributed by atoms with E-state index in [1.165, 1.54) is 0 Å². The summed E-state index contributed by atoms with van der Waals surface area (Å²) in [5.74, 6) is 1.33. The normalized spacial score (nSPS) is 29.4. The molecule has 0 amide bonds. The first-order chi connectivity index (χ1) is 5.92. The number of nitrogens with one attached hydrogen (secondary N) is 1. The van der Waals surface area contributed by atoms with Crippen molar-refractivity contribution in [3.63, 3.8) is 0 Å². The zero-order chi connectivity index (χ0) is 8.39. The molecule has 4 nitrogen and oxygen atoms in total. The fourth-order valence-corrected chi connectivity index (χ4v) is 1.61. The number of aromatic amines is 1. The Bertz CT molecular complexity index is 234. The lowest BCUT2D eigenvalue weighted by Crippen LogP contribution is -2.18. The molecule has 1 fully saturated rings. The van der Waals surface area contributed by atoms with Crippen LogP contribution >= 0.6 is 0 Å². The lowest BCUT2D eigenvalue weighted by atomic mass is 10.0. The monoisotopic (exact) mass is 167 g/mol. The van der Waals surface area contributed by atoms with Crippen molar-refractivity contribution in [2.45, 2.75) is 12.5 Å². The predicted molar refractivity (Wildman–Crippen MR) is 44.4 cm³/mol. The van der Waals surface area contributed by atoms with Gasteiger partial charge in [-0.15, -0.1) is 0 Å². The molecule has 0 aliphatic carbocycles. The van der Waals surface area contributed by atoms with Gasteiger partial charge in [0.15, 0.2) is 0 Å². The molecule has 12 heavy (non-hydrogen) atoms. The Morgan fingerprint density at radius 3 is 3.33 bits per heavy atom. The summed E-state index contributed by atoms with van der Waals surface area (Å²) in [7, 11) is 0. The van der Waals surface area contributed by atoms with Gasteiger partial charge in [-0.2, -0.15) is 0 Å². The van der Waals surface area contributed by atoms with Gasteiger partial charge in [0.2, 0.25) is 0 Å². The van der Waals surface area contributed by atoms with E-state index in [-0.39, 0.29) is 6.10 Å². The number of nitrogens with zero attached hydrogens (tertiary/aromatic N) is 1. The highest BCUT2D eigenvalue weighted by molar-refractivity contribution is 4.97. The standard InChI is InChI=1S/C8H13N3O/c9-5-6-1-4-12-7(6)8-10-2-3-11-8/h2-3,6-7H,1,4-5,9H2,(H,10,11)/t6-,7+/m0/s1. The van der Waals surface area contributed by atoms with E-state index in [9.17, 15) is 0 Å². The quantitative estimate of drug-likeness (QED) is 0.672. The topological polar surface area (TPSA) is 63.9 Å². The average molecular weight is 167 g/mol. The molecule has 2 atom stereocenters. The van der Waals surface area contributed by atoms with E-state index in [1.54, 1.807) is 6.20 Å². The highest BCUT2D eigenvalue weighted by Crippen LogP contribution is 2.31. The summed E-state index contributed by atoms with van der Waals surface area (Å²) in [5.41, 5.74) is 5.61. The molecule has 1 saturated heterocycles. The number of rotatable bonds is 2. The summed E-state index contributed by atoms with van der Waals surface area (Å²) >= 11 is 0. The molecule has 3 N–H and O–H groups in total. The van der Waals surface area contributed by atoms with Gasteiger partial charge >= 0.3 is 0 Å². The first-order valence-electron chi connectivity index (χ1n) is 4.22. The first-order valence-corrected chi connectivity index (χ1v) is 4.22. The van der Waals surface area contributed by atoms with E-state index in [0.29, 0.717) is 12.5 Å². The number of hydrogen-bond donors (Lipinski definition) is 2. The van der Waals surface area contributed by atoms with Crippen LogP contribution in [0.25, 0.3) is 0 Å². The number of nitrogens with two attached hydrogens (primary N) is 1. The third-order valence-corrected chi connectivity index (χ3v) is 2.31. The zero-order valence-corrected chi connectivity index (χ0v) is 6.86. The van der Waals surface area contributed by atoms with Gasteiger partial charge in [-0.25, -0.2) is 4.98 Å². The molecule has 0 aromatic carbocycles. The summed E-state index contributed by atoms with van der Waals surface area (Å²) in [4.78, 5) is 7.21. The Balaban J connectivity index is 2.13. The highest BCUT2D eigenvalue weighted by Gasteiger charge is 2.29. The lowest BCUT2D eigenvalue weighted by Gasteiger charge is -2.13. The van der Waals surface area contributed by atoms with E-state index < -0.39 is 0 Å². The molecule has 1 aliphatic heterocycles. The minimum atomic E-state index is 0.0880. The summed E-state index contributed by atoms with van der Waals surface area (Å²) < 4.78 is 5.53. The molecular formula is C8H13N3O. The SMILES string of the molecule is NC[C@@H]1CCO[C@H]1c1ncc[nH]1. The van der Waals surface area contributed by atoms with Crippen molar-refractivity contribution >= 4 is 0 Å². The molecule has 66 valence electrons. The van der Waals surface area contributed by atoms with Gasteiger partial charge in [0.1, 0.15) is 11.9 Å². The van der Waals surface area contributed by atoms with Crippen molar-refractivity contribution in [3.8, 4) is 0 Å². The van der Waals surface area contributed by atoms with E-state index in [2.05, 4.69) is 9.97 Å². The molecule has 1 aliphatic rings. The second-order valence-corrected chi connectivity index (χ2v) is 3.05. The molecule has 1 aromatic rings. The minimum absolute atomic E-state index is 0.0880. The third kappa shape index (κ3) is 1.23. The van der Waals surface area contributed by atoms with E-state index in [1.807, 2.05) is 6.20 Å². The van der Waals surface area contributed by atoms with Crippen molar-refractivity contribution in [1.29, 1.82) is 0 Å². The van der Waals surface area contributed by atoms with Gasteiger partial charge in [0.25, 0.3) is 0 Å². The maximum absolute atomic E-state index is 5.61. The van der Waals surface area contributed by atoms with Gasteiger partial charge in [-0.05, 0) is 13.0 Å². The van der Waals surface area contributed by atoms with Gasteiger partial charge in [-0.3, -0.25) is 0 Å². The van der Waals surface area contributed by atoms with Crippen LogP contribution in [0, 0.1) is 5.92 Å². The number of aromatic nitrogens is 2. The largest absolute Gasteiger partial charge is 0.370 e. The first kappa shape index (κ1) is 7.76. The second-order valence-electron chi connectivity index (χ2n) is 3.05. The summed E-state index contributed by atoms with van der Waals surface area (Å²) in [6, 6.07) is 0. The van der Waals surface area contributed by atoms with Gasteiger partial charge in [-0.1, -0.05) is 0 Å². The van der Waals surface area contributed by atoms with Crippen LogP contribution in [-0.4, -0.2) is 23.1 Å². The average Bonchev–Trinajstić information content (AvgIpc) is 2.74. The Kier molecular flexibility index (Phi) is 2.10. The Labute approximate surface area is 71.1 Å². The van der Waals surface area contributed by atoms with Crippen LogP contribution in [0.4, 0.5) is 0 Å². The third-order valence-electron chi connectivity index (χ3n) is 2.31. The van der Waals surface area contributed by atoms with E-state index >= 15 is 0 Å². The molecule has 2 heterocycles. The molecule has 0 radical (unpaired) electrons. The Morgan fingerprint density at radius 1 is 1.75 bits per heavy atom. The fraction of sp³-hybridized carbons (Fsp3) is 0.625. The number of hydrogen-bond acceptors (Lipinski definition) is 3. The number of H-pyrrole nitrogens is 1. The minimum Gasteiger partial charge on any atom is -0.370 e. The smallest absolute Gasteiger partial charge is 0.135 e. The van der Waals surface area contributed by atoms with Crippen molar-refractivity contribution in [2.24, 2.45) is 11.7 Å². The van der Waals surface area contributed by atoms with Gasteiger partial charge in [0, 0.05) is 24.9 Å². The number of ether oxygens (including phenoxy) is 1. The molecular weight excluding hydrogens is 154 g/mol. The molecule has 0 spiro atoms. The fourth-order valence-electron chi connectivity index (χ4n) is 1.61. The maximum Gasteiger partial charge on any atom is 0.135 e. The lowest BCUT2D eigenvalue weighted by molar-refractivity contribution is 0.0860. The Morgan fingerprint density at radius 2 is 2.67 bits per heavy atom. The highest BCUT2D eigenvalue weighted by atomic mass is 16.5. The van der Waals surface area contributed by atoms with Crippen LogP contribution in [0.5, 0.6) is 0 Å². The number of imidazole rings is 1. The van der Waals surface area contributed by atoms with Crippen molar-refractivity contribution in [3.05, 3.63) is 18.2 Å².